The van der Waals surface area contributed by atoms with Crippen molar-refractivity contribution in [2.24, 2.45) is 0 Å². The molecule has 0 fully saturated rings. The summed E-state index contributed by atoms with van der Waals surface area (Å²) in [7, 11) is 0. The highest BCUT2D eigenvalue weighted by atomic mass is 16.6. The third-order valence-corrected chi connectivity index (χ3v) is 16.6. The van der Waals surface area contributed by atoms with Crippen LogP contribution >= 0.6 is 0 Å². The molecule has 5 nitrogen and oxygen atoms in total. The number of carbonyl (C=O) groups excluding carboxylic acids is 2. The van der Waals surface area contributed by atoms with Crippen LogP contribution in [0.3, 0.4) is 0 Å². The molecule has 1 N–H and O–H groups in total. The van der Waals surface area contributed by atoms with E-state index in [1.807, 2.05) is 0 Å². The summed E-state index contributed by atoms with van der Waals surface area (Å²) in [6.07, 6.45) is 110. The third-order valence-electron chi connectivity index (χ3n) is 16.6. The number of allylic oxidation sites excluding steroid dienone is 18. The second-order valence-corrected chi connectivity index (χ2v) is 25.0. The highest BCUT2D eigenvalue weighted by Crippen LogP contribution is 2.18. The van der Waals surface area contributed by atoms with Gasteiger partial charge in [0.15, 0.2) is 6.10 Å². The molecule has 0 bridgehead atoms. The van der Waals surface area contributed by atoms with E-state index in [2.05, 4.69) is 123 Å². The Morgan fingerprint density at radius 3 is 0.756 bits per heavy atom. The summed E-state index contributed by atoms with van der Waals surface area (Å²) in [5.41, 5.74) is 0. The molecular weight excluding hydrogens is 1050 g/mol. The van der Waals surface area contributed by atoms with Gasteiger partial charge >= 0.3 is 11.9 Å². The van der Waals surface area contributed by atoms with E-state index in [1.165, 1.54) is 257 Å². The van der Waals surface area contributed by atoms with Crippen LogP contribution < -0.4 is 0 Å². The van der Waals surface area contributed by atoms with Gasteiger partial charge in [0.2, 0.25) is 0 Å². The predicted molar refractivity (Wildman–Crippen MR) is 380 cm³/mol. The van der Waals surface area contributed by atoms with E-state index in [4.69, 9.17) is 9.47 Å². The van der Waals surface area contributed by atoms with Crippen LogP contribution in [0.2, 0.25) is 0 Å². The first kappa shape index (κ1) is 82.6. The molecule has 0 radical (unpaired) electrons. The summed E-state index contributed by atoms with van der Waals surface area (Å²) in [5, 5.41) is 9.72. The molecule has 1 atom stereocenters. The fourth-order valence-electron chi connectivity index (χ4n) is 11.0. The Hall–Kier alpha value is -3.44. The number of aliphatic hydroxyl groups excluding tert-OH is 1. The molecule has 0 aliphatic heterocycles. The van der Waals surface area contributed by atoms with E-state index in [-0.39, 0.29) is 25.2 Å². The molecule has 0 aromatic rings. The van der Waals surface area contributed by atoms with E-state index >= 15 is 0 Å². The average Bonchev–Trinajstić information content (AvgIpc) is 3.55. The topological polar surface area (TPSA) is 72.8 Å². The molecule has 5 heteroatoms. The third kappa shape index (κ3) is 73.0. The first-order valence-electron chi connectivity index (χ1n) is 37.4. The molecule has 0 aliphatic carbocycles. The quantitative estimate of drug-likeness (QED) is 0.0373. The van der Waals surface area contributed by atoms with Crippen LogP contribution in [0, 0.1) is 0 Å². The molecule has 86 heavy (non-hydrogen) atoms. The van der Waals surface area contributed by atoms with Gasteiger partial charge in [0, 0.05) is 12.8 Å². The van der Waals surface area contributed by atoms with Gasteiger partial charge in [-0.2, -0.15) is 0 Å². The van der Waals surface area contributed by atoms with Crippen molar-refractivity contribution in [1.29, 1.82) is 0 Å². The Balaban J connectivity index is 3.44. The molecule has 496 valence electrons. The van der Waals surface area contributed by atoms with Gasteiger partial charge < -0.3 is 14.6 Å². The van der Waals surface area contributed by atoms with Crippen molar-refractivity contribution in [2.45, 2.75) is 380 Å². The minimum Gasteiger partial charge on any atom is -0.462 e. The van der Waals surface area contributed by atoms with Gasteiger partial charge in [0.1, 0.15) is 6.61 Å². The molecule has 1 unspecified atom stereocenters. The summed E-state index contributed by atoms with van der Waals surface area (Å²) in [4.78, 5) is 24.7. The van der Waals surface area contributed by atoms with Gasteiger partial charge in [-0.3, -0.25) is 9.59 Å². The molecule has 0 aromatic heterocycles. The van der Waals surface area contributed by atoms with Crippen LogP contribution in [0.15, 0.2) is 109 Å². The minimum atomic E-state index is -0.776. The number of ether oxygens (including phenoxy) is 2. The molecule has 0 heterocycles. The van der Waals surface area contributed by atoms with Gasteiger partial charge in [-0.05, 0) is 103 Å². The zero-order valence-corrected chi connectivity index (χ0v) is 57.1. The van der Waals surface area contributed by atoms with Crippen molar-refractivity contribution >= 4 is 11.9 Å². The van der Waals surface area contributed by atoms with Crippen LogP contribution in [0.5, 0.6) is 0 Å². The first-order valence-corrected chi connectivity index (χ1v) is 37.4. The smallest absolute Gasteiger partial charge is 0.306 e. The lowest BCUT2D eigenvalue weighted by Crippen LogP contribution is -2.28. The Morgan fingerprint density at radius 2 is 0.500 bits per heavy atom. The Morgan fingerprint density at radius 1 is 0.279 bits per heavy atom. The Labute approximate surface area is 535 Å². The zero-order chi connectivity index (χ0) is 61.9. The maximum atomic E-state index is 12.4. The van der Waals surface area contributed by atoms with Crippen molar-refractivity contribution in [2.75, 3.05) is 13.2 Å². The van der Waals surface area contributed by atoms with E-state index in [0.29, 0.717) is 12.8 Å². The van der Waals surface area contributed by atoms with Crippen LogP contribution in [-0.2, 0) is 19.1 Å². The lowest BCUT2D eigenvalue weighted by atomic mass is 10.0. The van der Waals surface area contributed by atoms with Crippen molar-refractivity contribution in [1.82, 2.24) is 0 Å². The number of carbonyl (C=O) groups is 2. The van der Waals surface area contributed by atoms with E-state index < -0.39 is 6.10 Å². The first-order chi connectivity index (χ1) is 42.6. The van der Waals surface area contributed by atoms with Crippen LogP contribution in [-0.4, -0.2) is 36.4 Å². The largest absolute Gasteiger partial charge is 0.462 e. The van der Waals surface area contributed by atoms with Crippen molar-refractivity contribution in [3.63, 3.8) is 0 Å². The minimum absolute atomic E-state index is 0.0644. The number of rotatable bonds is 69. The number of hydrogen-bond donors (Lipinski definition) is 1. The lowest BCUT2D eigenvalue weighted by molar-refractivity contribution is -0.161. The monoisotopic (exact) mass is 1200 g/mol. The molecule has 0 rings (SSSR count). The maximum absolute atomic E-state index is 12.4. The maximum Gasteiger partial charge on any atom is 0.306 e. The second-order valence-electron chi connectivity index (χ2n) is 25.0. The number of unbranched alkanes of at least 4 members (excludes halogenated alkanes) is 43. The molecule has 0 aromatic carbocycles. The lowest BCUT2D eigenvalue weighted by Gasteiger charge is -2.15. The van der Waals surface area contributed by atoms with Crippen molar-refractivity contribution in [3.05, 3.63) is 109 Å². The summed E-state index contributed by atoms with van der Waals surface area (Å²) < 4.78 is 10.8. The highest BCUT2D eigenvalue weighted by Gasteiger charge is 2.16. The SMILES string of the molecule is CC/C=C\C/C=C\C/C=C\C/C=C\C/C=C\C/C=C\C/C=C\CCCCCCCCCCCCCCCCCCCC(=O)OC(CO)COC(=O)CCCCCCCCCCCCCCCCCCCCCCC/C=C\C/C=C\CCCCCCC. The average molecular weight is 1200 g/mol. The fraction of sp³-hybridized carbons (Fsp3) is 0.753. The molecule has 0 spiro atoms. The number of aliphatic hydroxyl groups is 1. The van der Waals surface area contributed by atoms with Gasteiger partial charge in [0.05, 0.1) is 6.61 Å². The molecule has 0 saturated heterocycles. The summed E-state index contributed by atoms with van der Waals surface area (Å²) in [6, 6.07) is 0. The van der Waals surface area contributed by atoms with E-state index in [1.54, 1.807) is 0 Å². The number of esters is 2. The highest BCUT2D eigenvalue weighted by molar-refractivity contribution is 5.70. The summed E-state index contributed by atoms with van der Waals surface area (Å²) >= 11 is 0. The van der Waals surface area contributed by atoms with Gasteiger partial charge in [-0.25, -0.2) is 0 Å². The standard InChI is InChI=1S/C81H142O5/c1-3-5-7-9-11-13-15-17-19-21-23-25-27-29-31-33-35-37-38-39-40-41-42-44-46-48-50-52-54-56-58-60-62-64-66-68-70-72-74-76-81(84)86-79(77-82)78-85-80(83)75-73-71-69-67-65-63-61-59-57-55-53-51-49-47-45-43-36-34-32-30-28-26-24-22-20-18-16-14-12-10-8-6-4-2/h5,7,11,13,16-19,22-25,29,31,35,37,39-40,79,82H,3-4,6,8-10,12,14-15,20-21,26-28,30,32-34,36,38,41-78H2,1-2H3/b7-5-,13-11-,18-16-,19-17-,24-22-,25-23-,31-29-,37-35-,40-39-. The normalized spacial score (nSPS) is 12.8. The second kappa shape index (κ2) is 75.8. The van der Waals surface area contributed by atoms with E-state index in [0.717, 1.165) is 89.9 Å². The predicted octanol–water partition coefficient (Wildman–Crippen LogP) is 26.3. The Bertz CT molecular complexity index is 1640. The molecular formula is C81H142O5. The zero-order valence-electron chi connectivity index (χ0n) is 57.1. The molecule has 0 saturated carbocycles. The summed E-state index contributed by atoms with van der Waals surface area (Å²) in [6.45, 7) is 4.06. The molecule has 0 aliphatic rings. The van der Waals surface area contributed by atoms with Crippen LogP contribution in [0.4, 0.5) is 0 Å². The van der Waals surface area contributed by atoms with Gasteiger partial charge in [0.25, 0.3) is 0 Å². The number of hydrogen-bond acceptors (Lipinski definition) is 5. The van der Waals surface area contributed by atoms with Gasteiger partial charge in [-0.15, -0.1) is 0 Å². The fourth-order valence-corrected chi connectivity index (χ4v) is 11.0. The molecule has 0 amide bonds. The van der Waals surface area contributed by atoms with Crippen LogP contribution in [0.25, 0.3) is 0 Å². The Kier molecular flexibility index (Phi) is 72.8. The van der Waals surface area contributed by atoms with Crippen LogP contribution in [0.1, 0.15) is 373 Å². The van der Waals surface area contributed by atoms with Crippen molar-refractivity contribution < 1.29 is 24.2 Å². The van der Waals surface area contributed by atoms with E-state index in [9.17, 15) is 14.7 Å². The van der Waals surface area contributed by atoms with Crippen molar-refractivity contribution in [3.8, 4) is 0 Å². The summed E-state index contributed by atoms with van der Waals surface area (Å²) in [5.74, 6) is -0.575. The van der Waals surface area contributed by atoms with Gasteiger partial charge in [-0.1, -0.05) is 367 Å².